The maximum Gasteiger partial charge on any atom is 0.255 e. The number of nitrogens with one attached hydrogen (secondary N) is 2. The summed E-state index contributed by atoms with van der Waals surface area (Å²) >= 11 is 1.70. The molecule has 0 aliphatic carbocycles. The summed E-state index contributed by atoms with van der Waals surface area (Å²) in [6, 6.07) is 29.4. The molecule has 2 N–H and O–H groups in total. The van der Waals surface area contributed by atoms with Crippen LogP contribution < -0.4 is 5.32 Å². The number of rotatable bonds is 4. The molecule has 0 radical (unpaired) electrons. The SMILES string of the molecule is O=C(Nc1cccc(-c2nc3ccccc3o2)c1)c1cc(-c2cc3ccccc3s2)c2[nH]ncc2c1. The van der Waals surface area contributed by atoms with Crippen molar-refractivity contribution in [2.75, 3.05) is 5.32 Å². The maximum atomic E-state index is 13.3. The Bertz CT molecular complexity index is 1850. The second-order valence-electron chi connectivity index (χ2n) is 8.53. The van der Waals surface area contributed by atoms with Gasteiger partial charge in [-0.1, -0.05) is 36.4 Å². The van der Waals surface area contributed by atoms with Crippen LogP contribution in [0.25, 0.3) is 54.0 Å². The van der Waals surface area contributed by atoms with Crippen molar-refractivity contribution in [3.05, 3.63) is 103 Å². The molecule has 0 unspecified atom stereocenters. The number of aromatic nitrogens is 3. The van der Waals surface area contributed by atoms with Crippen LogP contribution in [0, 0.1) is 0 Å². The fourth-order valence-electron chi connectivity index (χ4n) is 4.43. The number of oxazole rings is 1. The van der Waals surface area contributed by atoms with Gasteiger partial charge < -0.3 is 9.73 Å². The highest BCUT2D eigenvalue weighted by atomic mass is 32.1. The number of H-pyrrole nitrogens is 1. The number of benzene rings is 4. The van der Waals surface area contributed by atoms with Crippen LogP contribution in [0.3, 0.4) is 0 Å². The standard InChI is InChI=1S/C29H18N4O2S/c34-28(31-21-8-5-7-18(13-21)29-32-23-9-2-3-10-24(23)35-29)19-12-20-16-30-33-27(20)22(14-19)26-15-17-6-1-4-11-25(17)36-26/h1-16H,(H,30,33)(H,31,34). The molecule has 0 bridgehead atoms. The first-order valence-electron chi connectivity index (χ1n) is 11.4. The first kappa shape index (κ1) is 20.6. The van der Waals surface area contributed by atoms with Gasteiger partial charge in [0.25, 0.3) is 5.91 Å². The Morgan fingerprint density at radius 3 is 2.69 bits per heavy atom. The Morgan fingerprint density at radius 1 is 0.889 bits per heavy atom. The Balaban J connectivity index is 1.23. The molecular weight excluding hydrogens is 468 g/mol. The molecule has 3 aromatic heterocycles. The van der Waals surface area contributed by atoms with Gasteiger partial charge in [0.15, 0.2) is 5.58 Å². The van der Waals surface area contributed by atoms with Gasteiger partial charge in [-0.25, -0.2) is 4.98 Å². The molecule has 0 saturated heterocycles. The molecule has 3 heterocycles. The third-order valence-corrected chi connectivity index (χ3v) is 7.31. The smallest absolute Gasteiger partial charge is 0.255 e. The number of carbonyl (C=O) groups excluding carboxylic acids is 1. The molecule has 7 heteroatoms. The molecule has 7 aromatic rings. The average Bonchev–Trinajstić information content (AvgIpc) is 3.65. The van der Waals surface area contributed by atoms with Crippen molar-refractivity contribution >= 4 is 55.0 Å². The summed E-state index contributed by atoms with van der Waals surface area (Å²) in [6.07, 6.45) is 1.75. The van der Waals surface area contributed by atoms with Crippen molar-refractivity contribution in [3.8, 4) is 21.9 Å². The molecular formula is C29H18N4O2S. The molecule has 0 aliphatic rings. The number of aromatic amines is 1. The van der Waals surface area contributed by atoms with Crippen molar-refractivity contribution in [2.24, 2.45) is 0 Å². The van der Waals surface area contributed by atoms with Crippen LogP contribution in [0.15, 0.2) is 102 Å². The van der Waals surface area contributed by atoms with E-state index in [9.17, 15) is 4.79 Å². The number of anilines is 1. The van der Waals surface area contributed by atoms with Crippen LogP contribution in [0.4, 0.5) is 5.69 Å². The highest BCUT2D eigenvalue weighted by Crippen LogP contribution is 2.37. The van der Waals surface area contributed by atoms with Crippen molar-refractivity contribution in [2.45, 2.75) is 0 Å². The largest absolute Gasteiger partial charge is 0.436 e. The van der Waals surface area contributed by atoms with Gasteiger partial charge >= 0.3 is 0 Å². The monoisotopic (exact) mass is 486 g/mol. The van der Waals surface area contributed by atoms with Crippen LogP contribution >= 0.6 is 11.3 Å². The van der Waals surface area contributed by atoms with Gasteiger partial charge in [0.2, 0.25) is 5.89 Å². The molecule has 6 nitrogen and oxygen atoms in total. The summed E-state index contributed by atoms with van der Waals surface area (Å²) in [5.74, 6) is 0.314. The van der Waals surface area contributed by atoms with E-state index in [0.717, 1.165) is 38.0 Å². The van der Waals surface area contributed by atoms with Crippen LogP contribution in [0.5, 0.6) is 0 Å². The number of thiophene rings is 1. The van der Waals surface area contributed by atoms with Crippen molar-refractivity contribution in [3.63, 3.8) is 0 Å². The molecule has 36 heavy (non-hydrogen) atoms. The molecule has 4 aromatic carbocycles. The second-order valence-corrected chi connectivity index (χ2v) is 9.61. The fourth-order valence-corrected chi connectivity index (χ4v) is 5.51. The maximum absolute atomic E-state index is 13.3. The highest BCUT2D eigenvalue weighted by molar-refractivity contribution is 7.22. The van der Waals surface area contributed by atoms with E-state index in [1.807, 2.05) is 72.8 Å². The zero-order valence-electron chi connectivity index (χ0n) is 18.9. The van der Waals surface area contributed by atoms with Gasteiger partial charge in [-0.15, -0.1) is 11.3 Å². The van der Waals surface area contributed by atoms with E-state index in [-0.39, 0.29) is 5.91 Å². The third-order valence-electron chi connectivity index (χ3n) is 6.16. The molecule has 1 amide bonds. The van der Waals surface area contributed by atoms with E-state index in [2.05, 4.69) is 38.7 Å². The van der Waals surface area contributed by atoms with Crippen molar-refractivity contribution in [1.82, 2.24) is 15.2 Å². The highest BCUT2D eigenvalue weighted by Gasteiger charge is 2.16. The van der Waals surface area contributed by atoms with E-state index in [0.29, 0.717) is 17.1 Å². The Kier molecular flexibility index (Phi) is 4.68. The number of para-hydroxylation sites is 2. The van der Waals surface area contributed by atoms with Gasteiger partial charge in [0.1, 0.15) is 5.52 Å². The summed E-state index contributed by atoms with van der Waals surface area (Å²) in [5.41, 5.74) is 5.40. The lowest BCUT2D eigenvalue weighted by atomic mass is 10.0. The topological polar surface area (TPSA) is 83.8 Å². The van der Waals surface area contributed by atoms with Crippen molar-refractivity contribution in [1.29, 1.82) is 0 Å². The lowest BCUT2D eigenvalue weighted by molar-refractivity contribution is 0.102. The predicted molar refractivity (Wildman–Crippen MR) is 144 cm³/mol. The van der Waals surface area contributed by atoms with Crippen molar-refractivity contribution < 1.29 is 9.21 Å². The van der Waals surface area contributed by atoms with Gasteiger partial charge in [0, 0.05) is 37.3 Å². The predicted octanol–water partition coefficient (Wildman–Crippen LogP) is 7.51. The van der Waals surface area contributed by atoms with E-state index in [1.54, 1.807) is 17.5 Å². The minimum Gasteiger partial charge on any atom is -0.436 e. The summed E-state index contributed by atoms with van der Waals surface area (Å²) in [5, 5.41) is 12.4. The number of hydrogen-bond acceptors (Lipinski definition) is 5. The molecule has 0 atom stereocenters. The normalized spacial score (nSPS) is 11.4. The number of nitrogens with zero attached hydrogens (tertiary/aromatic N) is 2. The second kappa shape index (κ2) is 8.18. The molecule has 0 spiro atoms. The van der Waals surface area contributed by atoms with Gasteiger partial charge in [-0.05, 0) is 60.0 Å². The van der Waals surface area contributed by atoms with Crippen LogP contribution in [0.2, 0.25) is 0 Å². The molecule has 0 aliphatic heterocycles. The van der Waals surface area contributed by atoms with Gasteiger partial charge in [0.05, 0.1) is 11.7 Å². The number of fused-ring (bicyclic) bond motifs is 3. The Labute approximate surface area is 209 Å². The zero-order valence-corrected chi connectivity index (χ0v) is 19.7. The molecule has 0 saturated carbocycles. The van der Waals surface area contributed by atoms with Crippen LogP contribution in [-0.4, -0.2) is 21.1 Å². The van der Waals surface area contributed by atoms with Gasteiger partial charge in [-0.3, -0.25) is 9.89 Å². The van der Waals surface area contributed by atoms with E-state index in [1.165, 1.54) is 10.1 Å². The van der Waals surface area contributed by atoms with E-state index >= 15 is 0 Å². The number of carbonyl (C=O) groups is 1. The number of amides is 1. The Hall–Kier alpha value is -4.75. The molecule has 7 rings (SSSR count). The lowest BCUT2D eigenvalue weighted by Crippen LogP contribution is -2.12. The minimum atomic E-state index is -0.199. The Morgan fingerprint density at radius 2 is 1.78 bits per heavy atom. The zero-order chi connectivity index (χ0) is 24.1. The average molecular weight is 487 g/mol. The first-order chi connectivity index (χ1) is 17.7. The summed E-state index contributed by atoms with van der Waals surface area (Å²) in [7, 11) is 0. The van der Waals surface area contributed by atoms with E-state index < -0.39 is 0 Å². The van der Waals surface area contributed by atoms with E-state index in [4.69, 9.17) is 4.42 Å². The quantitative estimate of drug-likeness (QED) is 0.270. The first-order valence-corrected chi connectivity index (χ1v) is 12.3. The third kappa shape index (κ3) is 3.54. The number of hydrogen-bond donors (Lipinski definition) is 2. The minimum absolute atomic E-state index is 0.199. The van der Waals surface area contributed by atoms with Crippen LogP contribution in [0.1, 0.15) is 10.4 Å². The van der Waals surface area contributed by atoms with Gasteiger partial charge in [-0.2, -0.15) is 5.10 Å². The molecule has 172 valence electrons. The fraction of sp³-hybridized carbons (Fsp3) is 0. The summed E-state index contributed by atoms with van der Waals surface area (Å²) in [6.45, 7) is 0. The summed E-state index contributed by atoms with van der Waals surface area (Å²) < 4.78 is 7.09. The summed E-state index contributed by atoms with van der Waals surface area (Å²) in [4.78, 5) is 19.0. The lowest BCUT2D eigenvalue weighted by Gasteiger charge is -2.09. The molecule has 0 fully saturated rings. The van der Waals surface area contributed by atoms with Crippen LogP contribution in [-0.2, 0) is 0 Å².